The first kappa shape index (κ1) is 22.6. The number of aromatic nitrogens is 4. The monoisotopic (exact) mass is 458 g/mol. The number of pyridine rings is 1. The third-order valence-corrected chi connectivity index (χ3v) is 7.05. The van der Waals surface area contributed by atoms with Crippen LogP contribution < -0.4 is 5.32 Å². The largest absolute Gasteiger partial charge is 0.393 e. The Hall–Kier alpha value is -2.56. The second-order valence-electron chi connectivity index (χ2n) is 8.62. The van der Waals surface area contributed by atoms with Crippen LogP contribution >= 0.6 is 0 Å². The standard InChI is InChI=1S/C22H30N6O3S/c1-14(13-31-2)26-22-25-12-21-19(16-8-18(11-24-10-16)32(3,23)30)9-20(28(21)27-22)15-4-6-17(29)7-5-15/h8-12,14-15,17,23,29H,4-7,13H2,1-3H3,(H,26,27)/t14-,15?,17?,32+/m0/s1. The van der Waals surface area contributed by atoms with Gasteiger partial charge in [0.25, 0.3) is 0 Å². The lowest BCUT2D eigenvalue weighted by atomic mass is 9.85. The van der Waals surface area contributed by atoms with E-state index in [1.54, 1.807) is 25.6 Å². The number of aliphatic hydroxyl groups is 1. The van der Waals surface area contributed by atoms with E-state index in [0.29, 0.717) is 17.5 Å². The summed E-state index contributed by atoms with van der Waals surface area (Å²) in [5, 5.41) is 18.0. The van der Waals surface area contributed by atoms with Crippen molar-refractivity contribution in [3.63, 3.8) is 0 Å². The normalized spacial score (nSPS) is 21.9. The molecule has 0 aliphatic heterocycles. The van der Waals surface area contributed by atoms with Crippen molar-refractivity contribution in [2.75, 3.05) is 25.3 Å². The lowest BCUT2D eigenvalue weighted by molar-refractivity contribution is 0.121. The van der Waals surface area contributed by atoms with Crippen LogP contribution in [-0.4, -0.2) is 61.0 Å². The van der Waals surface area contributed by atoms with Gasteiger partial charge in [0.05, 0.1) is 39.0 Å². The molecule has 2 atom stereocenters. The van der Waals surface area contributed by atoms with Gasteiger partial charge in [0.15, 0.2) is 0 Å². The fraction of sp³-hybridized carbons (Fsp3) is 0.500. The molecule has 1 aliphatic rings. The molecule has 172 valence electrons. The van der Waals surface area contributed by atoms with E-state index in [2.05, 4.69) is 21.4 Å². The summed E-state index contributed by atoms with van der Waals surface area (Å²) in [4.78, 5) is 9.13. The molecular formula is C22H30N6O3S. The van der Waals surface area contributed by atoms with Crippen molar-refractivity contribution in [1.82, 2.24) is 19.6 Å². The summed E-state index contributed by atoms with van der Waals surface area (Å²) in [5.41, 5.74) is 3.55. The second kappa shape index (κ2) is 9.13. The van der Waals surface area contributed by atoms with Crippen LogP contribution in [0.5, 0.6) is 0 Å². The first-order chi connectivity index (χ1) is 15.3. The first-order valence-corrected chi connectivity index (χ1v) is 12.7. The van der Waals surface area contributed by atoms with E-state index in [1.165, 1.54) is 12.5 Å². The van der Waals surface area contributed by atoms with Gasteiger partial charge in [-0.1, -0.05) is 0 Å². The van der Waals surface area contributed by atoms with Gasteiger partial charge >= 0.3 is 0 Å². The highest BCUT2D eigenvalue weighted by Gasteiger charge is 2.26. The molecule has 0 saturated heterocycles. The van der Waals surface area contributed by atoms with Gasteiger partial charge in [-0.3, -0.25) is 4.98 Å². The van der Waals surface area contributed by atoms with E-state index in [-0.39, 0.29) is 18.1 Å². The minimum absolute atomic E-state index is 0.0522. The molecule has 0 unspecified atom stereocenters. The topological polar surface area (TPSA) is 125 Å². The van der Waals surface area contributed by atoms with Crippen LogP contribution in [0.4, 0.5) is 5.95 Å². The zero-order valence-corrected chi connectivity index (χ0v) is 19.4. The predicted molar refractivity (Wildman–Crippen MR) is 123 cm³/mol. The van der Waals surface area contributed by atoms with Crippen LogP contribution in [-0.2, 0) is 14.5 Å². The van der Waals surface area contributed by atoms with Crippen molar-refractivity contribution >= 4 is 21.2 Å². The van der Waals surface area contributed by atoms with Gasteiger partial charge in [-0.25, -0.2) is 18.5 Å². The van der Waals surface area contributed by atoms with Crippen molar-refractivity contribution < 1.29 is 14.1 Å². The van der Waals surface area contributed by atoms with Crippen LogP contribution in [0.1, 0.15) is 44.2 Å². The Balaban J connectivity index is 1.81. The summed E-state index contributed by atoms with van der Waals surface area (Å²) in [6, 6.07) is 3.91. The van der Waals surface area contributed by atoms with Gasteiger partial charge in [0.1, 0.15) is 0 Å². The molecule has 1 saturated carbocycles. The van der Waals surface area contributed by atoms with Gasteiger partial charge in [0, 0.05) is 54.5 Å². The maximum absolute atomic E-state index is 12.3. The number of fused-ring (bicyclic) bond motifs is 1. The van der Waals surface area contributed by atoms with E-state index in [0.717, 1.165) is 48.0 Å². The third kappa shape index (κ3) is 4.77. The molecule has 0 amide bonds. The minimum atomic E-state index is -2.88. The molecule has 32 heavy (non-hydrogen) atoms. The minimum Gasteiger partial charge on any atom is -0.393 e. The summed E-state index contributed by atoms with van der Waals surface area (Å²) in [7, 11) is -1.23. The van der Waals surface area contributed by atoms with Crippen LogP contribution in [0, 0.1) is 4.78 Å². The summed E-state index contributed by atoms with van der Waals surface area (Å²) in [6.45, 7) is 2.54. The molecule has 10 heteroatoms. The van der Waals surface area contributed by atoms with Gasteiger partial charge in [-0.05, 0) is 44.7 Å². The average Bonchev–Trinajstić information content (AvgIpc) is 3.13. The smallest absolute Gasteiger partial charge is 0.241 e. The molecule has 3 heterocycles. The number of anilines is 1. The Morgan fingerprint density at radius 1 is 1.28 bits per heavy atom. The van der Waals surface area contributed by atoms with Gasteiger partial charge in [-0.2, -0.15) is 0 Å². The highest BCUT2D eigenvalue weighted by atomic mass is 32.2. The molecular weight excluding hydrogens is 428 g/mol. The predicted octanol–water partition coefficient (Wildman–Crippen LogP) is 3.29. The molecule has 1 fully saturated rings. The van der Waals surface area contributed by atoms with Crippen LogP contribution in [0.2, 0.25) is 0 Å². The SMILES string of the molecule is COC[C@H](C)Nc1ncc2c(-c3cncc([S@](C)(=N)=O)c3)cc(C3CCC(O)CC3)n2n1. The van der Waals surface area contributed by atoms with Crippen LogP contribution in [0.15, 0.2) is 35.6 Å². The molecule has 1 aliphatic carbocycles. The Morgan fingerprint density at radius 3 is 2.72 bits per heavy atom. The lowest BCUT2D eigenvalue weighted by Gasteiger charge is -2.25. The highest BCUT2D eigenvalue weighted by molar-refractivity contribution is 7.91. The Kier molecular flexibility index (Phi) is 6.45. The molecule has 0 radical (unpaired) electrons. The summed E-state index contributed by atoms with van der Waals surface area (Å²) >= 11 is 0. The summed E-state index contributed by atoms with van der Waals surface area (Å²) in [5.74, 6) is 0.775. The van der Waals surface area contributed by atoms with Crippen LogP contribution in [0.3, 0.4) is 0 Å². The number of hydrogen-bond acceptors (Lipinski definition) is 8. The van der Waals surface area contributed by atoms with Crippen LogP contribution in [0.25, 0.3) is 16.6 Å². The maximum atomic E-state index is 12.3. The molecule has 3 N–H and O–H groups in total. The average molecular weight is 459 g/mol. The Bertz CT molecular complexity index is 1200. The van der Waals surface area contributed by atoms with Crippen molar-refractivity contribution in [3.05, 3.63) is 36.4 Å². The summed E-state index contributed by atoms with van der Waals surface area (Å²) in [6.07, 6.45) is 9.43. The van der Waals surface area contributed by atoms with E-state index >= 15 is 0 Å². The third-order valence-electron chi connectivity index (χ3n) is 5.93. The van der Waals surface area contributed by atoms with Gasteiger partial charge in [0.2, 0.25) is 5.95 Å². The fourth-order valence-electron chi connectivity index (χ4n) is 4.27. The molecule has 0 bridgehead atoms. The number of ether oxygens (including phenoxy) is 1. The molecule has 0 spiro atoms. The number of nitrogens with zero attached hydrogens (tertiary/aromatic N) is 4. The quantitative estimate of drug-likeness (QED) is 0.496. The fourth-order valence-corrected chi connectivity index (χ4v) is 4.88. The van der Waals surface area contributed by atoms with E-state index < -0.39 is 9.73 Å². The zero-order chi connectivity index (χ0) is 22.9. The van der Waals surface area contributed by atoms with E-state index in [9.17, 15) is 9.32 Å². The lowest BCUT2D eigenvalue weighted by Crippen LogP contribution is -2.23. The molecule has 3 aromatic heterocycles. The molecule has 0 aromatic carbocycles. The molecule has 9 nitrogen and oxygen atoms in total. The molecule has 4 rings (SSSR count). The number of methoxy groups -OCH3 is 1. The Morgan fingerprint density at radius 2 is 2.03 bits per heavy atom. The first-order valence-electron chi connectivity index (χ1n) is 10.8. The number of nitrogens with one attached hydrogen (secondary N) is 2. The second-order valence-corrected chi connectivity index (χ2v) is 10.8. The van der Waals surface area contributed by atoms with Crippen molar-refractivity contribution in [3.8, 4) is 11.1 Å². The number of rotatable bonds is 7. The van der Waals surface area contributed by atoms with E-state index in [4.69, 9.17) is 14.6 Å². The van der Waals surface area contributed by atoms with Crippen molar-refractivity contribution in [1.29, 1.82) is 4.78 Å². The highest BCUT2D eigenvalue weighted by Crippen LogP contribution is 2.37. The maximum Gasteiger partial charge on any atom is 0.241 e. The Labute approximate surface area is 188 Å². The van der Waals surface area contributed by atoms with E-state index in [1.807, 2.05) is 11.4 Å². The zero-order valence-electron chi connectivity index (χ0n) is 18.6. The van der Waals surface area contributed by atoms with Gasteiger partial charge < -0.3 is 15.2 Å². The van der Waals surface area contributed by atoms with Crippen molar-refractivity contribution in [2.45, 2.75) is 55.6 Å². The van der Waals surface area contributed by atoms with Crippen molar-refractivity contribution in [2.24, 2.45) is 0 Å². The molecule has 3 aromatic rings. The number of hydrogen-bond donors (Lipinski definition) is 3. The summed E-state index contributed by atoms with van der Waals surface area (Å²) < 4.78 is 27.3. The number of aliphatic hydroxyl groups excluding tert-OH is 1. The van der Waals surface area contributed by atoms with Gasteiger partial charge in [-0.15, -0.1) is 5.10 Å².